The molecule has 74 valence electrons. The number of pyridine rings is 1. The van der Waals surface area contributed by atoms with Gasteiger partial charge in [-0.3, -0.25) is 9.98 Å². The number of hydrogen-bond donors (Lipinski definition) is 1. The Morgan fingerprint density at radius 3 is 3.14 bits per heavy atom. The molecular weight excluding hydrogens is 176 g/mol. The van der Waals surface area contributed by atoms with Gasteiger partial charge in [0.05, 0.1) is 19.0 Å². The zero-order valence-electron chi connectivity index (χ0n) is 8.00. The Hall–Kier alpha value is -1.42. The topological polar surface area (TPSA) is 54.5 Å². The van der Waals surface area contributed by atoms with Crippen LogP contribution in [0.4, 0.5) is 0 Å². The van der Waals surface area contributed by atoms with E-state index >= 15 is 0 Å². The summed E-state index contributed by atoms with van der Waals surface area (Å²) in [6, 6.07) is 3.97. The molecule has 0 radical (unpaired) electrons. The molecule has 0 bridgehead atoms. The minimum Gasteiger partial charge on any atom is -0.345 e. The van der Waals surface area contributed by atoms with E-state index in [1.807, 2.05) is 24.7 Å². The molecule has 0 spiro atoms. The van der Waals surface area contributed by atoms with Crippen LogP contribution in [0.1, 0.15) is 5.56 Å². The summed E-state index contributed by atoms with van der Waals surface area (Å²) >= 11 is 0. The quantitative estimate of drug-likeness (QED) is 0.743. The van der Waals surface area contributed by atoms with Crippen LogP contribution in [0, 0.1) is 0 Å². The molecule has 1 aromatic rings. The van der Waals surface area contributed by atoms with Crippen LogP contribution in [-0.2, 0) is 6.42 Å². The maximum Gasteiger partial charge on any atom is 0.0863 e. The van der Waals surface area contributed by atoms with Gasteiger partial charge in [-0.05, 0) is 11.6 Å². The molecule has 1 aliphatic rings. The standard InChI is InChI=1S/C10H14N4/c11-10(14-5-4-13-8-14)6-9-2-1-3-12-7-9/h1-3,7-8,10H,4-6,11H2. The fraction of sp³-hybridized carbons (Fsp3) is 0.400. The van der Waals surface area contributed by atoms with Crippen LogP contribution >= 0.6 is 0 Å². The Labute approximate surface area is 83.5 Å². The molecule has 1 aliphatic heterocycles. The Kier molecular flexibility index (Phi) is 2.74. The van der Waals surface area contributed by atoms with E-state index in [9.17, 15) is 0 Å². The third-order valence-electron chi connectivity index (χ3n) is 2.31. The lowest BCUT2D eigenvalue weighted by Gasteiger charge is -2.22. The van der Waals surface area contributed by atoms with Gasteiger partial charge in [0.15, 0.2) is 0 Å². The highest BCUT2D eigenvalue weighted by atomic mass is 15.3. The number of aromatic nitrogens is 1. The highest BCUT2D eigenvalue weighted by molar-refractivity contribution is 5.57. The lowest BCUT2D eigenvalue weighted by molar-refractivity contribution is 0.348. The maximum atomic E-state index is 6.02. The molecule has 2 rings (SSSR count). The normalized spacial score (nSPS) is 17.4. The van der Waals surface area contributed by atoms with Gasteiger partial charge in [-0.1, -0.05) is 6.07 Å². The van der Waals surface area contributed by atoms with E-state index in [-0.39, 0.29) is 6.17 Å². The maximum absolute atomic E-state index is 6.02. The number of rotatable bonds is 3. The van der Waals surface area contributed by atoms with Crippen molar-refractivity contribution in [1.29, 1.82) is 0 Å². The molecule has 4 nitrogen and oxygen atoms in total. The second kappa shape index (κ2) is 4.19. The van der Waals surface area contributed by atoms with Crippen molar-refractivity contribution in [1.82, 2.24) is 9.88 Å². The highest BCUT2D eigenvalue weighted by Crippen LogP contribution is 2.04. The molecule has 2 N–H and O–H groups in total. The fourth-order valence-corrected chi connectivity index (χ4v) is 1.52. The van der Waals surface area contributed by atoms with Crippen molar-refractivity contribution in [2.45, 2.75) is 12.6 Å². The molecule has 0 saturated heterocycles. The lowest BCUT2D eigenvalue weighted by atomic mass is 10.1. The molecule has 4 heteroatoms. The summed E-state index contributed by atoms with van der Waals surface area (Å²) in [6.45, 7) is 1.79. The van der Waals surface area contributed by atoms with Gasteiger partial charge in [-0.15, -0.1) is 0 Å². The Balaban J connectivity index is 1.94. The van der Waals surface area contributed by atoms with Gasteiger partial charge >= 0.3 is 0 Å². The van der Waals surface area contributed by atoms with Crippen LogP contribution in [-0.4, -0.2) is 35.5 Å². The molecule has 14 heavy (non-hydrogen) atoms. The Morgan fingerprint density at radius 2 is 2.50 bits per heavy atom. The summed E-state index contributed by atoms with van der Waals surface area (Å²) in [5.41, 5.74) is 7.18. The van der Waals surface area contributed by atoms with E-state index in [0.29, 0.717) is 0 Å². The Bertz CT molecular complexity index is 309. The fourth-order valence-electron chi connectivity index (χ4n) is 1.52. The summed E-state index contributed by atoms with van der Waals surface area (Å²) < 4.78 is 0. The minimum absolute atomic E-state index is 0.0189. The van der Waals surface area contributed by atoms with Crippen LogP contribution in [0.25, 0.3) is 0 Å². The van der Waals surface area contributed by atoms with Crippen LogP contribution in [0.3, 0.4) is 0 Å². The predicted molar refractivity (Wildman–Crippen MR) is 56.0 cm³/mol. The summed E-state index contributed by atoms with van der Waals surface area (Å²) in [6.07, 6.45) is 6.30. The first-order chi connectivity index (χ1) is 6.86. The van der Waals surface area contributed by atoms with E-state index in [1.165, 1.54) is 5.56 Å². The van der Waals surface area contributed by atoms with E-state index in [1.54, 1.807) is 6.20 Å². The number of hydrogen-bond acceptors (Lipinski definition) is 4. The van der Waals surface area contributed by atoms with Crippen LogP contribution in [0.2, 0.25) is 0 Å². The highest BCUT2D eigenvalue weighted by Gasteiger charge is 2.13. The predicted octanol–water partition coefficient (Wildman–Crippen LogP) is 0.253. The van der Waals surface area contributed by atoms with Crippen molar-refractivity contribution in [2.24, 2.45) is 10.7 Å². The minimum atomic E-state index is 0.0189. The SMILES string of the molecule is NC(Cc1cccnc1)N1C=NCC1. The van der Waals surface area contributed by atoms with Crippen LogP contribution in [0.5, 0.6) is 0 Å². The molecule has 1 atom stereocenters. The van der Waals surface area contributed by atoms with Crippen molar-refractivity contribution in [3.8, 4) is 0 Å². The number of nitrogens with two attached hydrogens (primary N) is 1. The molecule has 0 saturated carbocycles. The van der Waals surface area contributed by atoms with Crippen molar-refractivity contribution in [3.05, 3.63) is 30.1 Å². The van der Waals surface area contributed by atoms with Gasteiger partial charge in [0, 0.05) is 25.4 Å². The molecule has 0 aliphatic carbocycles. The van der Waals surface area contributed by atoms with Gasteiger partial charge < -0.3 is 10.6 Å². The zero-order valence-corrected chi connectivity index (χ0v) is 8.00. The zero-order chi connectivity index (χ0) is 9.80. The third-order valence-corrected chi connectivity index (χ3v) is 2.31. The van der Waals surface area contributed by atoms with Crippen molar-refractivity contribution >= 4 is 6.34 Å². The average Bonchev–Trinajstić information content (AvgIpc) is 2.72. The van der Waals surface area contributed by atoms with Gasteiger partial charge in [-0.25, -0.2) is 0 Å². The van der Waals surface area contributed by atoms with Crippen molar-refractivity contribution < 1.29 is 0 Å². The summed E-state index contributed by atoms with van der Waals surface area (Å²) in [5.74, 6) is 0. The molecule has 1 unspecified atom stereocenters. The molecule has 0 fully saturated rings. The largest absolute Gasteiger partial charge is 0.345 e. The lowest BCUT2D eigenvalue weighted by Crippen LogP contribution is -2.41. The van der Waals surface area contributed by atoms with Crippen LogP contribution in [0.15, 0.2) is 29.5 Å². The van der Waals surface area contributed by atoms with Gasteiger partial charge in [0.25, 0.3) is 0 Å². The van der Waals surface area contributed by atoms with Gasteiger partial charge in [0.1, 0.15) is 0 Å². The smallest absolute Gasteiger partial charge is 0.0863 e. The second-order valence-corrected chi connectivity index (χ2v) is 3.39. The van der Waals surface area contributed by atoms with Crippen LogP contribution < -0.4 is 5.73 Å². The van der Waals surface area contributed by atoms with E-state index in [4.69, 9.17) is 5.73 Å². The first-order valence-corrected chi connectivity index (χ1v) is 4.76. The number of aliphatic imine (C=N–C) groups is 1. The monoisotopic (exact) mass is 190 g/mol. The van der Waals surface area contributed by atoms with Gasteiger partial charge in [-0.2, -0.15) is 0 Å². The first kappa shape index (κ1) is 9.15. The first-order valence-electron chi connectivity index (χ1n) is 4.76. The summed E-state index contributed by atoms with van der Waals surface area (Å²) in [7, 11) is 0. The second-order valence-electron chi connectivity index (χ2n) is 3.39. The average molecular weight is 190 g/mol. The van der Waals surface area contributed by atoms with E-state index < -0.39 is 0 Å². The van der Waals surface area contributed by atoms with Gasteiger partial charge in [0.2, 0.25) is 0 Å². The third kappa shape index (κ3) is 2.09. The number of nitrogens with zero attached hydrogens (tertiary/aromatic N) is 3. The van der Waals surface area contributed by atoms with Crippen molar-refractivity contribution in [2.75, 3.05) is 13.1 Å². The van der Waals surface area contributed by atoms with E-state index in [0.717, 1.165) is 19.5 Å². The van der Waals surface area contributed by atoms with Crippen molar-refractivity contribution in [3.63, 3.8) is 0 Å². The molecule has 0 amide bonds. The van der Waals surface area contributed by atoms with E-state index in [2.05, 4.69) is 14.9 Å². The molecular formula is C10H14N4. The Morgan fingerprint density at radius 1 is 1.57 bits per heavy atom. The summed E-state index contributed by atoms with van der Waals surface area (Å²) in [5, 5.41) is 0. The molecule has 0 aromatic carbocycles. The molecule has 2 heterocycles. The molecule has 1 aromatic heterocycles. The summed E-state index contributed by atoms with van der Waals surface area (Å²) in [4.78, 5) is 10.3.